The van der Waals surface area contributed by atoms with Gasteiger partial charge in [0.15, 0.2) is 0 Å². The smallest absolute Gasteiger partial charge is 0.320 e. The van der Waals surface area contributed by atoms with Crippen LogP contribution in [-0.2, 0) is 4.79 Å². The fraction of sp³-hybridized carbons (Fsp3) is 0.308. The van der Waals surface area contributed by atoms with Crippen molar-refractivity contribution in [1.29, 1.82) is 0 Å². The minimum absolute atomic E-state index is 0.146. The molecule has 1 unspecified atom stereocenters. The first-order valence-electron chi connectivity index (χ1n) is 6.16. The Kier molecular flexibility index (Phi) is 3.71. The number of fused-ring (bicyclic) bond motifs is 1. The number of rotatable bonds is 5. The molecule has 7 heteroatoms. The molecule has 0 fully saturated rings. The number of anilines is 1. The molecule has 2 amide bonds. The average Bonchev–Trinajstić information content (AvgIpc) is 2.63. The molecule has 0 aliphatic carbocycles. The van der Waals surface area contributed by atoms with Crippen LogP contribution in [0, 0.1) is 0 Å². The molecular formula is C13H15N3O4. The van der Waals surface area contributed by atoms with Crippen molar-refractivity contribution in [3.05, 3.63) is 29.3 Å². The molecule has 1 heterocycles. The minimum Gasteiger partial charge on any atom is -0.480 e. The van der Waals surface area contributed by atoms with Gasteiger partial charge in [-0.2, -0.15) is 0 Å². The molecule has 0 radical (unpaired) electrons. The number of aliphatic carboxylic acids is 1. The summed E-state index contributed by atoms with van der Waals surface area (Å²) in [5, 5.41) is 8.66. The van der Waals surface area contributed by atoms with Gasteiger partial charge in [0.05, 0.1) is 11.1 Å². The number of nitrogens with zero attached hydrogens (tertiary/aromatic N) is 1. The Balaban J connectivity index is 2.04. The third kappa shape index (κ3) is 2.48. The van der Waals surface area contributed by atoms with Gasteiger partial charge in [-0.1, -0.05) is 0 Å². The summed E-state index contributed by atoms with van der Waals surface area (Å²) in [4.78, 5) is 35.8. The topological polar surface area (TPSA) is 127 Å². The number of amides is 2. The Morgan fingerprint density at radius 2 is 1.90 bits per heavy atom. The Labute approximate surface area is 115 Å². The molecule has 0 saturated heterocycles. The fourth-order valence-corrected chi connectivity index (χ4v) is 2.10. The molecule has 0 aromatic heterocycles. The van der Waals surface area contributed by atoms with Gasteiger partial charge >= 0.3 is 5.97 Å². The molecule has 1 aliphatic rings. The maximum absolute atomic E-state index is 12.1. The first-order valence-corrected chi connectivity index (χ1v) is 6.16. The second-order valence-corrected chi connectivity index (χ2v) is 4.65. The molecule has 106 valence electrons. The number of carboxylic acids is 1. The number of hydrogen-bond donors (Lipinski definition) is 3. The van der Waals surface area contributed by atoms with Gasteiger partial charge < -0.3 is 16.6 Å². The fourth-order valence-electron chi connectivity index (χ4n) is 2.10. The second-order valence-electron chi connectivity index (χ2n) is 4.65. The molecule has 20 heavy (non-hydrogen) atoms. The third-order valence-electron chi connectivity index (χ3n) is 3.21. The first kappa shape index (κ1) is 14.0. The monoisotopic (exact) mass is 277 g/mol. The minimum atomic E-state index is -1.10. The van der Waals surface area contributed by atoms with Crippen LogP contribution in [0.2, 0.25) is 0 Å². The van der Waals surface area contributed by atoms with E-state index in [9.17, 15) is 14.4 Å². The highest BCUT2D eigenvalue weighted by molar-refractivity contribution is 6.21. The molecule has 0 saturated carbocycles. The van der Waals surface area contributed by atoms with E-state index in [0.717, 1.165) is 4.90 Å². The summed E-state index contributed by atoms with van der Waals surface area (Å²) in [7, 11) is 0. The Morgan fingerprint density at radius 1 is 1.25 bits per heavy atom. The molecule has 5 N–H and O–H groups in total. The summed E-state index contributed by atoms with van der Waals surface area (Å²) in [6.07, 6.45) is 0.541. The number of hydrogen-bond acceptors (Lipinski definition) is 5. The van der Waals surface area contributed by atoms with Crippen molar-refractivity contribution in [3.63, 3.8) is 0 Å². The maximum Gasteiger partial charge on any atom is 0.320 e. The van der Waals surface area contributed by atoms with Gasteiger partial charge in [-0.05, 0) is 31.0 Å². The number of nitrogens with two attached hydrogens (primary N) is 2. The summed E-state index contributed by atoms with van der Waals surface area (Å²) in [6.45, 7) is 0.146. The van der Waals surface area contributed by atoms with Crippen molar-refractivity contribution in [2.24, 2.45) is 5.73 Å². The quantitative estimate of drug-likeness (QED) is 0.516. The van der Waals surface area contributed by atoms with E-state index in [2.05, 4.69) is 0 Å². The number of carboxylic acid groups (broad SMARTS) is 1. The van der Waals surface area contributed by atoms with E-state index in [-0.39, 0.29) is 24.4 Å². The summed E-state index contributed by atoms with van der Waals surface area (Å²) in [5.41, 5.74) is 12.0. The lowest BCUT2D eigenvalue weighted by molar-refractivity contribution is -0.138. The van der Waals surface area contributed by atoms with Gasteiger partial charge in [-0.3, -0.25) is 19.3 Å². The number of benzene rings is 1. The second kappa shape index (κ2) is 5.30. The van der Waals surface area contributed by atoms with E-state index in [1.54, 1.807) is 6.07 Å². The standard InChI is InChI=1S/C13H15N3O4/c14-7-3-4-8-9(6-7)12(18)16(11(8)17)5-1-2-10(15)13(19)20/h3-4,6,10H,1-2,5,14-15H2,(H,19,20). The van der Waals surface area contributed by atoms with Gasteiger partial charge in [-0.25, -0.2) is 0 Å². The Morgan fingerprint density at radius 3 is 2.55 bits per heavy atom. The lowest BCUT2D eigenvalue weighted by Gasteiger charge is -2.14. The van der Waals surface area contributed by atoms with Gasteiger partial charge in [-0.15, -0.1) is 0 Å². The normalized spacial score (nSPS) is 15.3. The van der Waals surface area contributed by atoms with Crippen LogP contribution in [0.5, 0.6) is 0 Å². The largest absolute Gasteiger partial charge is 0.480 e. The van der Waals surface area contributed by atoms with Gasteiger partial charge in [0.25, 0.3) is 11.8 Å². The zero-order chi connectivity index (χ0) is 14.9. The summed E-state index contributed by atoms with van der Waals surface area (Å²) >= 11 is 0. The molecule has 2 rings (SSSR count). The van der Waals surface area contributed by atoms with E-state index in [0.29, 0.717) is 17.7 Å². The van der Waals surface area contributed by atoms with E-state index < -0.39 is 17.9 Å². The molecule has 1 aromatic carbocycles. The highest BCUT2D eigenvalue weighted by Gasteiger charge is 2.35. The van der Waals surface area contributed by atoms with E-state index >= 15 is 0 Å². The van der Waals surface area contributed by atoms with Crippen molar-refractivity contribution in [1.82, 2.24) is 4.90 Å². The zero-order valence-corrected chi connectivity index (χ0v) is 10.7. The van der Waals surface area contributed by atoms with Crippen LogP contribution in [0.1, 0.15) is 33.6 Å². The number of carbonyl (C=O) groups excluding carboxylic acids is 2. The highest BCUT2D eigenvalue weighted by atomic mass is 16.4. The molecule has 0 bridgehead atoms. The van der Waals surface area contributed by atoms with Gasteiger partial charge in [0, 0.05) is 12.2 Å². The molecule has 1 atom stereocenters. The van der Waals surface area contributed by atoms with Crippen molar-refractivity contribution >= 4 is 23.5 Å². The van der Waals surface area contributed by atoms with Crippen molar-refractivity contribution < 1.29 is 19.5 Å². The number of imide groups is 1. The average molecular weight is 277 g/mol. The van der Waals surface area contributed by atoms with Crippen LogP contribution in [0.15, 0.2) is 18.2 Å². The predicted octanol–water partition coefficient (Wildman–Crippen LogP) is 0.0569. The molecule has 7 nitrogen and oxygen atoms in total. The summed E-state index contributed by atoms with van der Waals surface area (Å²) in [6, 6.07) is 3.57. The van der Waals surface area contributed by atoms with E-state index in [1.807, 2.05) is 0 Å². The zero-order valence-electron chi connectivity index (χ0n) is 10.7. The van der Waals surface area contributed by atoms with Crippen LogP contribution in [0.3, 0.4) is 0 Å². The molecule has 0 spiro atoms. The predicted molar refractivity (Wildman–Crippen MR) is 71.1 cm³/mol. The van der Waals surface area contributed by atoms with E-state index in [4.69, 9.17) is 16.6 Å². The molecule has 1 aromatic rings. The van der Waals surface area contributed by atoms with Crippen molar-refractivity contribution in [3.8, 4) is 0 Å². The lowest BCUT2D eigenvalue weighted by Crippen LogP contribution is -2.34. The van der Waals surface area contributed by atoms with Crippen LogP contribution in [-0.4, -0.2) is 40.4 Å². The summed E-state index contributed by atoms with van der Waals surface area (Å²) in [5.74, 6) is -1.88. The highest BCUT2D eigenvalue weighted by Crippen LogP contribution is 2.25. The van der Waals surface area contributed by atoms with Crippen LogP contribution in [0.4, 0.5) is 5.69 Å². The maximum atomic E-state index is 12.1. The van der Waals surface area contributed by atoms with Crippen molar-refractivity contribution in [2.45, 2.75) is 18.9 Å². The van der Waals surface area contributed by atoms with Crippen molar-refractivity contribution in [2.75, 3.05) is 12.3 Å². The number of nitrogen functional groups attached to an aromatic ring is 1. The van der Waals surface area contributed by atoms with Crippen LogP contribution >= 0.6 is 0 Å². The van der Waals surface area contributed by atoms with E-state index in [1.165, 1.54) is 12.1 Å². The number of carbonyl (C=O) groups is 3. The molecular weight excluding hydrogens is 262 g/mol. The third-order valence-corrected chi connectivity index (χ3v) is 3.21. The SMILES string of the molecule is Nc1ccc2c(c1)C(=O)N(CCCC(N)C(=O)O)C2=O. The Hall–Kier alpha value is -2.41. The Bertz CT molecular complexity index is 585. The van der Waals surface area contributed by atoms with Gasteiger partial charge in [0.1, 0.15) is 6.04 Å². The molecule has 1 aliphatic heterocycles. The summed E-state index contributed by atoms with van der Waals surface area (Å²) < 4.78 is 0. The van der Waals surface area contributed by atoms with Crippen LogP contribution < -0.4 is 11.5 Å². The lowest BCUT2D eigenvalue weighted by atomic mass is 10.1. The van der Waals surface area contributed by atoms with Gasteiger partial charge in [0.2, 0.25) is 0 Å². The first-order chi connectivity index (χ1) is 9.41. The van der Waals surface area contributed by atoms with Crippen LogP contribution in [0.25, 0.3) is 0 Å².